The molecule has 2 N–H and O–H groups in total. The maximum absolute atomic E-state index is 12.8. The number of anilines is 1. The molecule has 130 valence electrons. The zero-order valence-electron chi connectivity index (χ0n) is 14.5. The molecule has 1 aliphatic rings. The van der Waals surface area contributed by atoms with E-state index in [4.69, 9.17) is 0 Å². The molecule has 3 rings (SSSR count). The van der Waals surface area contributed by atoms with Crippen LogP contribution in [0, 0.1) is 0 Å². The van der Waals surface area contributed by atoms with Gasteiger partial charge in [0.15, 0.2) is 0 Å². The molecule has 2 amide bonds. The Labute approximate surface area is 148 Å². The highest BCUT2D eigenvalue weighted by atomic mass is 16.2. The van der Waals surface area contributed by atoms with Gasteiger partial charge in [-0.05, 0) is 31.3 Å². The van der Waals surface area contributed by atoms with Crippen LogP contribution in [0.25, 0.3) is 0 Å². The molecule has 2 atom stereocenters. The molecule has 0 bridgehead atoms. The molecule has 0 saturated heterocycles. The van der Waals surface area contributed by atoms with Crippen LogP contribution in [-0.2, 0) is 9.59 Å². The Balaban J connectivity index is 1.73. The molecule has 2 unspecified atom stereocenters. The van der Waals surface area contributed by atoms with Crippen LogP contribution in [0.15, 0.2) is 54.6 Å². The van der Waals surface area contributed by atoms with Crippen molar-refractivity contribution in [1.29, 1.82) is 0 Å². The van der Waals surface area contributed by atoms with Crippen molar-refractivity contribution in [3.05, 3.63) is 65.7 Å². The van der Waals surface area contributed by atoms with Gasteiger partial charge >= 0.3 is 0 Å². The van der Waals surface area contributed by atoms with Crippen molar-refractivity contribution in [2.75, 3.05) is 26.0 Å². The van der Waals surface area contributed by atoms with Crippen molar-refractivity contribution in [1.82, 2.24) is 10.2 Å². The Morgan fingerprint density at radius 3 is 2.56 bits per heavy atom. The van der Waals surface area contributed by atoms with Gasteiger partial charge in [0, 0.05) is 18.7 Å². The molecule has 25 heavy (non-hydrogen) atoms. The Bertz CT molecular complexity index is 759. The summed E-state index contributed by atoms with van der Waals surface area (Å²) in [4.78, 5) is 26.7. The SMILES string of the molecule is CN(C)C(CNC(=O)C1CC(=O)Nc2ccccc21)c1ccccc1. The van der Waals surface area contributed by atoms with Crippen LogP contribution in [-0.4, -0.2) is 37.4 Å². The molecule has 0 aromatic heterocycles. The Hall–Kier alpha value is -2.66. The molecule has 2 aromatic carbocycles. The standard InChI is InChI=1S/C20H23N3O2/c1-23(2)18(14-8-4-3-5-9-14)13-21-20(25)16-12-19(24)22-17-11-7-6-10-15(16)17/h3-11,16,18H,12-13H2,1-2H3,(H,21,25)(H,22,24). The van der Waals surface area contributed by atoms with E-state index in [9.17, 15) is 9.59 Å². The van der Waals surface area contributed by atoms with Crippen molar-refractivity contribution < 1.29 is 9.59 Å². The summed E-state index contributed by atoms with van der Waals surface area (Å²) >= 11 is 0. The minimum atomic E-state index is -0.441. The lowest BCUT2D eigenvalue weighted by atomic mass is 9.89. The number of carbonyl (C=O) groups is 2. The predicted molar refractivity (Wildman–Crippen MR) is 98.3 cm³/mol. The number of nitrogens with zero attached hydrogens (tertiary/aromatic N) is 1. The average molecular weight is 337 g/mol. The highest BCUT2D eigenvalue weighted by Crippen LogP contribution is 2.32. The quantitative estimate of drug-likeness (QED) is 0.881. The van der Waals surface area contributed by atoms with E-state index in [-0.39, 0.29) is 24.3 Å². The Kier molecular flexibility index (Phi) is 5.14. The smallest absolute Gasteiger partial charge is 0.228 e. The van der Waals surface area contributed by atoms with E-state index in [0.717, 1.165) is 16.8 Å². The molecule has 5 heteroatoms. The Morgan fingerprint density at radius 1 is 1.16 bits per heavy atom. The van der Waals surface area contributed by atoms with E-state index in [2.05, 4.69) is 27.7 Å². The van der Waals surface area contributed by atoms with Crippen LogP contribution in [0.4, 0.5) is 5.69 Å². The van der Waals surface area contributed by atoms with E-state index in [0.29, 0.717) is 6.54 Å². The minimum absolute atomic E-state index is 0.0813. The van der Waals surface area contributed by atoms with Gasteiger partial charge in [-0.15, -0.1) is 0 Å². The van der Waals surface area contributed by atoms with Gasteiger partial charge in [0.25, 0.3) is 0 Å². The molecular formula is C20H23N3O2. The van der Waals surface area contributed by atoms with E-state index in [1.165, 1.54) is 0 Å². The summed E-state index contributed by atoms with van der Waals surface area (Å²) < 4.78 is 0. The van der Waals surface area contributed by atoms with Crippen LogP contribution in [0.5, 0.6) is 0 Å². The van der Waals surface area contributed by atoms with E-state index in [1.807, 2.05) is 56.6 Å². The second kappa shape index (κ2) is 7.49. The monoisotopic (exact) mass is 337 g/mol. The van der Waals surface area contributed by atoms with Gasteiger partial charge in [-0.25, -0.2) is 0 Å². The van der Waals surface area contributed by atoms with Crippen molar-refractivity contribution in [3.63, 3.8) is 0 Å². The minimum Gasteiger partial charge on any atom is -0.354 e. The molecule has 0 spiro atoms. The van der Waals surface area contributed by atoms with E-state index in [1.54, 1.807) is 0 Å². The molecular weight excluding hydrogens is 314 g/mol. The number of amides is 2. The summed E-state index contributed by atoms with van der Waals surface area (Å²) in [6, 6.07) is 17.6. The number of rotatable bonds is 5. The summed E-state index contributed by atoms with van der Waals surface area (Å²) in [6.07, 6.45) is 0.181. The normalized spacial score (nSPS) is 17.6. The van der Waals surface area contributed by atoms with Gasteiger partial charge in [0.1, 0.15) is 0 Å². The number of fused-ring (bicyclic) bond motifs is 1. The maximum Gasteiger partial charge on any atom is 0.228 e. The molecule has 0 fully saturated rings. The first kappa shape index (κ1) is 17.2. The van der Waals surface area contributed by atoms with Gasteiger partial charge in [-0.3, -0.25) is 9.59 Å². The fourth-order valence-corrected chi connectivity index (χ4v) is 3.24. The third kappa shape index (κ3) is 3.88. The molecule has 2 aromatic rings. The summed E-state index contributed by atoms with van der Waals surface area (Å²) in [5, 5.41) is 5.86. The van der Waals surface area contributed by atoms with Crippen LogP contribution in [0.1, 0.15) is 29.5 Å². The number of benzene rings is 2. The number of para-hydroxylation sites is 1. The summed E-state index contributed by atoms with van der Waals surface area (Å²) in [7, 11) is 3.99. The Morgan fingerprint density at radius 2 is 1.84 bits per heavy atom. The fraction of sp³-hybridized carbons (Fsp3) is 0.300. The maximum atomic E-state index is 12.8. The lowest BCUT2D eigenvalue weighted by Gasteiger charge is -2.28. The van der Waals surface area contributed by atoms with Gasteiger partial charge in [-0.1, -0.05) is 48.5 Å². The number of carbonyl (C=O) groups excluding carboxylic acids is 2. The van der Waals surface area contributed by atoms with Crippen molar-refractivity contribution in [3.8, 4) is 0 Å². The highest BCUT2D eigenvalue weighted by molar-refractivity contribution is 6.01. The largest absolute Gasteiger partial charge is 0.354 e. The van der Waals surface area contributed by atoms with Gasteiger partial charge < -0.3 is 15.5 Å². The third-order valence-corrected chi connectivity index (χ3v) is 4.59. The van der Waals surface area contributed by atoms with Crippen molar-refractivity contribution in [2.45, 2.75) is 18.4 Å². The van der Waals surface area contributed by atoms with Crippen molar-refractivity contribution in [2.24, 2.45) is 0 Å². The first-order chi connectivity index (χ1) is 12.1. The van der Waals surface area contributed by atoms with Crippen LogP contribution in [0.2, 0.25) is 0 Å². The van der Waals surface area contributed by atoms with Crippen LogP contribution >= 0.6 is 0 Å². The molecule has 1 aliphatic heterocycles. The number of nitrogens with one attached hydrogen (secondary N) is 2. The van der Waals surface area contributed by atoms with E-state index < -0.39 is 5.92 Å². The van der Waals surface area contributed by atoms with Crippen molar-refractivity contribution >= 4 is 17.5 Å². The second-order valence-corrected chi connectivity index (χ2v) is 6.53. The number of hydrogen-bond acceptors (Lipinski definition) is 3. The fourth-order valence-electron chi connectivity index (χ4n) is 3.24. The topological polar surface area (TPSA) is 61.4 Å². The summed E-state index contributed by atoms with van der Waals surface area (Å²) in [5.41, 5.74) is 2.75. The molecule has 0 aliphatic carbocycles. The van der Waals surface area contributed by atoms with E-state index >= 15 is 0 Å². The van der Waals surface area contributed by atoms with Crippen LogP contribution in [0.3, 0.4) is 0 Å². The highest BCUT2D eigenvalue weighted by Gasteiger charge is 2.30. The zero-order valence-corrected chi connectivity index (χ0v) is 14.5. The second-order valence-electron chi connectivity index (χ2n) is 6.53. The van der Waals surface area contributed by atoms with Crippen LogP contribution < -0.4 is 10.6 Å². The molecule has 0 radical (unpaired) electrons. The van der Waals surface area contributed by atoms with Gasteiger partial charge in [0.05, 0.1) is 12.0 Å². The first-order valence-electron chi connectivity index (χ1n) is 8.44. The first-order valence-corrected chi connectivity index (χ1v) is 8.44. The lowest BCUT2D eigenvalue weighted by molar-refractivity contribution is -0.126. The predicted octanol–water partition coefficient (Wildman–Crippen LogP) is 2.53. The molecule has 5 nitrogen and oxygen atoms in total. The average Bonchev–Trinajstić information content (AvgIpc) is 2.61. The summed E-state index contributed by atoms with van der Waals surface area (Å²) in [5.74, 6) is -0.667. The zero-order chi connectivity index (χ0) is 17.8. The summed E-state index contributed by atoms with van der Waals surface area (Å²) in [6.45, 7) is 0.496. The molecule has 1 heterocycles. The number of likely N-dealkylation sites (N-methyl/N-ethyl adjacent to an activating group) is 1. The van der Waals surface area contributed by atoms with Gasteiger partial charge in [-0.2, -0.15) is 0 Å². The molecule has 0 saturated carbocycles. The number of hydrogen-bond donors (Lipinski definition) is 2. The van der Waals surface area contributed by atoms with Gasteiger partial charge in [0.2, 0.25) is 11.8 Å². The lowest BCUT2D eigenvalue weighted by Crippen LogP contribution is -2.39. The third-order valence-electron chi connectivity index (χ3n) is 4.59.